The summed E-state index contributed by atoms with van der Waals surface area (Å²) >= 11 is 49.7. The Labute approximate surface area is 417 Å². The van der Waals surface area contributed by atoms with E-state index >= 15 is 0 Å². The normalized spacial score (nSPS) is 12.2. The van der Waals surface area contributed by atoms with Crippen LogP contribution < -0.4 is 21.3 Å². The van der Waals surface area contributed by atoms with E-state index in [1.54, 1.807) is 0 Å². The van der Waals surface area contributed by atoms with Crippen LogP contribution in [0, 0.1) is 0 Å². The SMILES string of the molecule is CCc1c(NC(=O)C(N=Nc2cc(C(=O)Nc3c(Cl)ccc(Cl)c3Cl)ccc2Cl)C(C)=O)ccc(NC(=O)C(N=Nc2cc(C(=O)Nc3c(Cl)ccc(Cl)c3Cl)ccc2Cl)C(C)=O)c1CC. The molecule has 14 nitrogen and oxygen atoms in total. The molecule has 5 rings (SSSR count). The topological polar surface area (TPSA) is 200 Å². The zero-order chi connectivity index (χ0) is 48.6. The molecule has 0 saturated carbocycles. The van der Waals surface area contributed by atoms with Crippen molar-refractivity contribution in [3.05, 3.63) is 135 Å². The summed E-state index contributed by atoms with van der Waals surface area (Å²) in [5.41, 5.74) is 2.09. The number of anilines is 4. The lowest BCUT2D eigenvalue weighted by Gasteiger charge is -2.20. The standard InChI is InChI=1S/C44H34Cl8N8O6/c1-5-23-24(6-2)32(54-44(66)38(20(4)62)60-58-34-18-22(8-10-26(34)46)42(64)56-40-30(50)14-12-28(48)36(40)52)16-15-31(23)53-43(65)37(19(3)61)59-57-33-17-21(7-9-25(33)45)41(63)55-39-29(49)13-11-27(47)35(39)51/h7-18,37-38H,5-6H2,1-4H3,(H,53,65)(H,54,66)(H,55,63)(H,56,64). The summed E-state index contributed by atoms with van der Waals surface area (Å²) in [5, 5.41) is 27.5. The van der Waals surface area contributed by atoms with Gasteiger partial charge in [0.15, 0.2) is 11.6 Å². The van der Waals surface area contributed by atoms with E-state index in [4.69, 9.17) is 92.8 Å². The molecular weight excluding hydrogens is 1020 g/mol. The number of nitrogens with zero attached hydrogens (tertiary/aromatic N) is 4. The van der Waals surface area contributed by atoms with Crippen molar-refractivity contribution in [1.82, 2.24) is 0 Å². The fourth-order valence-corrected chi connectivity index (χ4v) is 7.69. The monoisotopic (exact) mass is 1050 g/mol. The highest BCUT2D eigenvalue weighted by Gasteiger charge is 2.28. The lowest BCUT2D eigenvalue weighted by molar-refractivity contribution is -0.127. The van der Waals surface area contributed by atoms with E-state index in [1.807, 2.05) is 13.8 Å². The van der Waals surface area contributed by atoms with Crippen molar-refractivity contribution in [2.24, 2.45) is 20.5 Å². The van der Waals surface area contributed by atoms with Crippen molar-refractivity contribution < 1.29 is 28.8 Å². The Hall–Kier alpha value is -5.16. The molecule has 0 aliphatic rings. The van der Waals surface area contributed by atoms with Crippen LogP contribution in [-0.2, 0) is 32.0 Å². The number of rotatable bonds is 16. The van der Waals surface area contributed by atoms with Gasteiger partial charge < -0.3 is 21.3 Å². The lowest BCUT2D eigenvalue weighted by atomic mass is 9.98. The fourth-order valence-electron chi connectivity index (χ4n) is 6.13. The first-order valence-corrected chi connectivity index (χ1v) is 22.4. The molecule has 0 bridgehead atoms. The van der Waals surface area contributed by atoms with E-state index in [0.717, 1.165) is 13.8 Å². The van der Waals surface area contributed by atoms with Crippen LogP contribution in [0.25, 0.3) is 0 Å². The zero-order valence-corrected chi connectivity index (χ0v) is 40.8. The van der Waals surface area contributed by atoms with Gasteiger partial charge in [-0.1, -0.05) is 107 Å². The van der Waals surface area contributed by atoms with Gasteiger partial charge in [0.25, 0.3) is 23.6 Å². The number of benzene rings is 5. The second kappa shape index (κ2) is 23.0. The molecule has 2 atom stereocenters. The number of hydrogen-bond donors (Lipinski definition) is 4. The van der Waals surface area contributed by atoms with Crippen molar-refractivity contribution in [2.45, 2.75) is 52.6 Å². The average molecular weight is 1050 g/mol. The van der Waals surface area contributed by atoms with Gasteiger partial charge in [-0.05, 0) is 111 Å². The first-order valence-electron chi connectivity index (χ1n) is 19.3. The Kier molecular flexibility index (Phi) is 18.1. The Morgan fingerprint density at radius 2 is 0.803 bits per heavy atom. The van der Waals surface area contributed by atoms with E-state index < -0.39 is 47.3 Å². The van der Waals surface area contributed by atoms with Gasteiger partial charge in [0.2, 0.25) is 12.1 Å². The highest BCUT2D eigenvalue weighted by Crippen LogP contribution is 2.38. The lowest BCUT2D eigenvalue weighted by Crippen LogP contribution is -2.33. The van der Waals surface area contributed by atoms with Crippen LogP contribution >= 0.6 is 92.8 Å². The molecule has 66 heavy (non-hydrogen) atoms. The Morgan fingerprint density at radius 3 is 1.14 bits per heavy atom. The number of carbonyl (C=O) groups excluding carboxylic acids is 6. The number of nitrogens with one attached hydrogen (secondary N) is 4. The summed E-state index contributed by atoms with van der Waals surface area (Å²) in [6.45, 7) is 5.95. The Balaban J connectivity index is 1.32. The van der Waals surface area contributed by atoms with Gasteiger partial charge in [0, 0.05) is 22.5 Å². The second-order valence-electron chi connectivity index (χ2n) is 13.9. The van der Waals surface area contributed by atoms with Crippen molar-refractivity contribution in [3.8, 4) is 0 Å². The average Bonchev–Trinajstić information content (AvgIpc) is 3.27. The summed E-state index contributed by atoms with van der Waals surface area (Å²) < 4.78 is 0. The van der Waals surface area contributed by atoms with Gasteiger partial charge in [-0.25, -0.2) is 0 Å². The molecule has 0 fully saturated rings. The maximum Gasteiger partial charge on any atom is 0.258 e. The van der Waals surface area contributed by atoms with Crippen LogP contribution in [0.4, 0.5) is 34.1 Å². The number of Topliss-reactive ketones (excluding diaryl/α,β-unsaturated/α-hetero) is 2. The molecule has 0 heterocycles. The van der Waals surface area contributed by atoms with Gasteiger partial charge in [-0.2, -0.15) is 20.5 Å². The first-order chi connectivity index (χ1) is 31.2. The molecule has 22 heteroatoms. The fraction of sp³-hybridized carbons (Fsp3) is 0.182. The maximum atomic E-state index is 13.6. The maximum absolute atomic E-state index is 13.6. The van der Waals surface area contributed by atoms with E-state index in [2.05, 4.69) is 41.7 Å². The summed E-state index contributed by atoms with van der Waals surface area (Å²) in [7, 11) is 0. The van der Waals surface area contributed by atoms with Crippen LogP contribution in [-0.4, -0.2) is 47.3 Å². The van der Waals surface area contributed by atoms with Gasteiger partial charge in [-0.3, -0.25) is 28.8 Å². The molecule has 5 aromatic rings. The van der Waals surface area contributed by atoms with Crippen LogP contribution in [0.3, 0.4) is 0 Å². The Bertz CT molecular complexity index is 2670. The van der Waals surface area contributed by atoms with Crippen molar-refractivity contribution in [1.29, 1.82) is 0 Å². The molecule has 0 saturated heterocycles. The van der Waals surface area contributed by atoms with Gasteiger partial charge >= 0.3 is 0 Å². The third kappa shape index (κ3) is 12.4. The largest absolute Gasteiger partial charge is 0.323 e. The molecular formula is C44H34Cl8N8O6. The van der Waals surface area contributed by atoms with Crippen LogP contribution in [0.1, 0.15) is 59.5 Å². The van der Waals surface area contributed by atoms with Gasteiger partial charge in [0.05, 0.1) is 51.6 Å². The number of amides is 4. The molecule has 0 aliphatic carbocycles. The Morgan fingerprint density at radius 1 is 0.470 bits per heavy atom. The van der Waals surface area contributed by atoms with E-state index in [-0.39, 0.29) is 74.1 Å². The quantitative estimate of drug-likeness (QED) is 0.0430. The van der Waals surface area contributed by atoms with Crippen molar-refractivity contribution in [3.63, 3.8) is 0 Å². The van der Waals surface area contributed by atoms with Crippen LogP contribution in [0.2, 0.25) is 40.2 Å². The molecule has 0 spiro atoms. The third-order valence-corrected chi connectivity index (χ3v) is 12.3. The van der Waals surface area contributed by atoms with Crippen molar-refractivity contribution in [2.75, 3.05) is 21.3 Å². The summed E-state index contributed by atoms with van der Waals surface area (Å²) in [6.07, 6.45) is 0.720. The summed E-state index contributed by atoms with van der Waals surface area (Å²) in [4.78, 5) is 79.0. The van der Waals surface area contributed by atoms with E-state index in [0.29, 0.717) is 35.3 Å². The minimum absolute atomic E-state index is 0.0249. The number of hydrogen-bond acceptors (Lipinski definition) is 10. The zero-order valence-electron chi connectivity index (χ0n) is 34.8. The third-order valence-electron chi connectivity index (χ3n) is 9.46. The van der Waals surface area contributed by atoms with E-state index in [1.165, 1.54) is 72.8 Å². The molecule has 0 radical (unpaired) electrons. The minimum atomic E-state index is -1.64. The summed E-state index contributed by atoms with van der Waals surface area (Å²) in [5.74, 6) is -4.25. The number of azo groups is 2. The van der Waals surface area contributed by atoms with Gasteiger partial charge in [0.1, 0.15) is 11.4 Å². The number of carbonyl (C=O) groups is 6. The molecule has 4 N–H and O–H groups in total. The second-order valence-corrected chi connectivity index (χ2v) is 17.1. The number of halogens is 8. The van der Waals surface area contributed by atoms with Crippen molar-refractivity contribution >= 4 is 162 Å². The minimum Gasteiger partial charge on any atom is -0.323 e. The number of ketones is 2. The molecule has 4 amide bonds. The first kappa shape index (κ1) is 51.8. The molecule has 5 aromatic carbocycles. The molecule has 342 valence electrons. The summed E-state index contributed by atoms with van der Waals surface area (Å²) in [6, 6.07) is 13.8. The molecule has 2 unspecified atom stereocenters. The highest BCUT2D eigenvalue weighted by atomic mass is 35.5. The predicted molar refractivity (Wildman–Crippen MR) is 262 cm³/mol. The smallest absolute Gasteiger partial charge is 0.258 e. The van der Waals surface area contributed by atoms with E-state index in [9.17, 15) is 28.8 Å². The van der Waals surface area contributed by atoms with Crippen LogP contribution in [0.15, 0.2) is 93.3 Å². The molecule has 0 aromatic heterocycles. The predicted octanol–water partition coefficient (Wildman–Crippen LogP) is 13.9. The molecule has 0 aliphatic heterocycles. The van der Waals surface area contributed by atoms with Gasteiger partial charge in [-0.15, -0.1) is 0 Å². The van der Waals surface area contributed by atoms with Crippen LogP contribution in [0.5, 0.6) is 0 Å². The highest BCUT2D eigenvalue weighted by molar-refractivity contribution is 6.47.